The van der Waals surface area contributed by atoms with E-state index in [1.165, 1.54) is 0 Å². The lowest BCUT2D eigenvalue weighted by atomic mass is 10.1. The van der Waals surface area contributed by atoms with Crippen molar-refractivity contribution in [2.75, 3.05) is 6.61 Å². The summed E-state index contributed by atoms with van der Waals surface area (Å²) in [6.07, 6.45) is -7.16. The van der Waals surface area contributed by atoms with Crippen LogP contribution in [-0.4, -0.2) is 69.2 Å². The molecule has 0 saturated carbocycles. The maximum atomic E-state index is 11.9. The smallest absolute Gasteiger partial charge is 0.387 e. The molecule has 0 radical (unpaired) electrons. The predicted octanol–water partition coefficient (Wildman–Crippen LogP) is -2.59. The van der Waals surface area contributed by atoms with Gasteiger partial charge in [0.1, 0.15) is 18.3 Å². The van der Waals surface area contributed by atoms with Gasteiger partial charge in [0, 0.05) is 0 Å². The molecule has 0 spiro atoms. The summed E-state index contributed by atoms with van der Waals surface area (Å²) in [5.41, 5.74) is -3.77. The highest BCUT2D eigenvalue weighted by Crippen LogP contribution is 2.66. The molecule has 0 bridgehead atoms. The molecule has 2 unspecified atom stereocenters. The first kappa shape index (κ1) is 26.6. The number of phosphoric acid groups is 3. The SMILES string of the molecule is O=c1[nH]c(=O)n([C@@H]2O[C@H](COP(=O)(O)OP(=O)(O)OP(=O)(O)O)[C@@H](O)[C@H]2O)cc1[N+](=O)[O-]. The summed E-state index contributed by atoms with van der Waals surface area (Å²) < 4.78 is 50.1. The minimum absolute atomic E-state index is 0.345. The molecule has 1 aliphatic heterocycles. The molecule has 1 aliphatic rings. The number of aliphatic hydroxyl groups excluding tert-OH is 2. The van der Waals surface area contributed by atoms with E-state index in [9.17, 15) is 48.5 Å². The number of H-pyrrole nitrogens is 1. The summed E-state index contributed by atoms with van der Waals surface area (Å²) in [5.74, 6) is 0. The lowest BCUT2D eigenvalue weighted by Crippen LogP contribution is -2.38. The van der Waals surface area contributed by atoms with Crippen LogP contribution in [-0.2, 0) is 31.6 Å². The van der Waals surface area contributed by atoms with Gasteiger partial charge in [0.05, 0.1) is 17.7 Å². The molecule has 1 saturated heterocycles. The van der Waals surface area contributed by atoms with Crippen LogP contribution in [0.1, 0.15) is 6.23 Å². The van der Waals surface area contributed by atoms with Gasteiger partial charge in [-0.05, 0) is 0 Å². The number of phosphoric ester groups is 1. The van der Waals surface area contributed by atoms with Gasteiger partial charge in [0.25, 0.3) is 0 Å². The maximum Gasteiger partial charge on any atom is 0.490 e. The number of hydrogen-bond donors (Lipinski definition) is 7. The van der Waals surface area contributed by atoms with Crippen molar-refractivity contribution in [3.05, 3.63) is 37.1 Å². The van der Waals surface area contributed by atoms with Crippen molar-refractivity contribution in [2.45, 2.75) is 24.5 Å². The Morgan fingerprint density at radius 2 is 1.69 bits per heavy atom. The topological polar surface area (TPSA) is 308 Å². The number of nitrogens with zero attached hydrogens (tertiary/aromatic N) is 2. The van der Waals surface area contributed by atoms with Gasteiger partial charge < -0.3 is 34.5 Å². The average molecular weight is 529 g/mol. The summed E-state index contributed by atoms with van der Waals surface area (Å²) in [7, 11) is -17.0. The molecule has 32 heavy (non-hydrogen) atoms. The van der Waals surface area contributed by atoms with Gasteiger partial charge in [-0.1, -0.05) is 0 Å². The number of nitro groups is 1. The molecule has 1 aromatic heterocycles. The zero-order valence-corrected chi connectivity index (χ0v) is 17.7. The van der Waals surface area contributed by atoms with Crippen molar-refractivity contribution in [1.29, 1.82) is 0 Å². The minimum atomic E-state index is -5.81. The number of rotatable bonds is 9. The third-order valence-electron chi connectivity index (χ3n) is 3.57. The number of aromatic nitrogens is 2. The van der Waals surface area contributed by atoms with Gasteiger partial charge in [0.2, 0.25) is 0 Å². The molecule has 0 aliphatic carbocycles. The fraction of sp³-hybridized carbons (Fsp3) is 0.556. The van der Waals surface area contributed by atoms with E-state index in [0.29, 0.717) is 10.8 Å². The lowest BCUT2D eigenvalue weighted by Gasteiger charge is -2.19. The standard InChI is InChI=1S/C9H14N3O17P3/c13-5-4(2-26-31(22,23)29-32(24,25)28-30(19,20)21)27-8(6(5)14)11-1-3(12(17)18)7(15)10-9(11)16/h1,4-6,8,13-14H,2H2,(H,22,23)(H,24,25)(H,10,15,16)(H2,19,20,21)/t4-,5-,6-,8-/m1/s1. The summed E-state index contributed by atoms with van der Waals surface area (Å²) in [6, 6.07) is 0. The molecule has 182 valence electrons. The molecule has 2 rings (SSSR count). The quantitative estimate of drug-likeness (QED) is 0.0980. The van der Waals surface area contributed by atoms with Crippen LogP contribution in [0.4, 0.5) is 5.69 Å². The van der Waals surface area contributed by atoms with Crippen LogP contribution in [0.3, 0.4) is 0 Å². The second-order valence-electron chi connectivity index (χ2n) is 5.87. The molecule has 0 aromatic carbocycles. The summed E-state index contributed by atoms with van der Waals surface area (Å²) >= 11 is 0. The maximum absolute atomic E-state index is 11.9. The van der Waals surface area contributed by atoms with Crippen LogP contribution < -0.4 is 11.2 Å². The Morgan fingerprint density at radius 1 is 1.09 bits per heavy atom. The van der Waals surface area contributed by atoms with Gasteiger partial charge in [-0.2, -0.15) is 8.62 Å². The van der Waals surface area contributed by atoms with E-state index in [1.54, 1.807) is 4.98 Å². The zero-order valence-electron chi connectivity index (χ0n) is 15.0. The Bertz CT molecular complexity index is 1140. The van der Waals surface area contributed by atoms with E-state index in [1.807, 2.05) is 0 Å². The highest BCUT2D eigenvalue weighted by atomic mass is 31.3. The van der Waals surface area contributed by atoms with Crippen LogP contribution in [0.5, 0.6) is 0 Å². The van der Waals surface area contributed by atoms with E-state index >= 15 is 0 Å². The molecule has 1 fully saturated rings. The van der Waals surface area contributed by atoms with Crippen LogP contribution in [0.15, 0.2) is 15.8 Å². The van der Waals surface area contributed by atoms with Crippen molar-refractivity contribution < 1.29 is 66.3 Å². The number of aliphatic hydroxyl groups is 2. The highest BCUT2D eigenvalue weighted by molar-refractivity contribution is 7.66. The fourth-order valence-electron chi connectivity index (χ4n) is 2.36. The van der Waals surface area contributed by atoms with E-state index < -0.39 is 76.5 Å². The monoisotopic (exact) mass is 529 g/mol. The number of nitrogens with one attached hydrogen (secondary N) is 1. The summed E-state index contributed by atoms with van der Waals surface area (Å²) in [6.45, 7) is -1.18. The normalized spacial score (nSPS) is 27.6. The summed E-state index contributed by atoms with van der Waals surface area (Å²) in [5, 5.41) is 30.9. The predicted molar refractivity (Wildman–Crippen MR) is 93.7 cm³/mol. The summed E-state index contributed by atoms with van der Waals surface area (Å²) in [4.78, 5) is 69.9. The second-order valence-corrected chi connectivity index (χ2v) is 10.3. The molecule has 1 aromatic rings. The first-order chi connectivity index (χ1) is 14.4. The Kier molecular flexibility index (Phi) is 7.75. The number of ether oxygens (including phenoxy) is 1. The van der Waals surface area contributed by atoms with Crippen molar-refractivity contribution >= 4 is 29.2 Å². The third-order valence-corrected chi connectivity index (χ3v) is 7.38. The molecule has 6 atom stereocenters. The third kappa shape index (κ3) is 6.69. The highest BCUT2D eigenvalue weighted by Gasteiger charge is 2.47. The Morgan fingerprint density at radius 3 is 2.22 bits per heavy atom. The Hall–Kier alpha value is -1.63. The van der Waals surface area contributed by atoms with Gasteiger partial charge in [-0.15, -0.1) is 0 Å². The van der Waals surface area contributed by atoms with Crippen molar-refractivity contribution in [1.82, 2.24) is 9.55 Å². The molecular formula is C9H14N3O17P3. The van der Waals surface area contributed by atoms with Gasteiger partial charge >= 0.3 is 40.4 Å². The van der Waals surface area contributed by atoms with Crippen LogP contribution in [0.2, 0.25) is 0 Å². The first-order valence-corrected chi connectivity index (χ1v) is 12.2. The van der Waals surface area contributed by atoms with Crippen LogP contribution in [0, 0.1) is 10.1 Å². The molecule has 2 heterocycles. The van der Waals surface area contributed by atoms with E-state index in [4.69, 9.17) is 19.4 Å². The average Bonchev–Trinajstić information content (AvgIpc) is 2.85. The second kappa shape index (κ2) is 9.32. The van der Waals surface area contributed by atoms with Crippen molar-refractivity contribution in [3.8, 4) is 0 Å². The largest absolute Gasteiger partial charge is 0.490 e. The van der Waals surface area contributed by atoms with Crippen molar-refractivity contribution in [3.63, 3.8) is 0 Å². The van der Waals surface area contributed by atoms with Gasteiger partial charge in [0.15, 0.2) is 6.23 Å². The van der Waals surface area contributed by atoms with Gasteiger partial charge in [-0.25, -0.2) is 18.5 Å². The van der Waals surface area contributed by atoms with Gasteiger partial charge in [-0.3, -0.25) is 29.0 Å². The van der Waals surface area contributed by atoms with E-state index in [2.05, 4.69) is 13.1 Å². The zero-order chi connectivity index (χ0) is 24.6. The molecule has 0 amide bonds. The number of aromatic amines is 1. The fourth-order valence-corrected chi connectivity index (χ4v) is 5.39. The van der Waals surface area contributed by atoms with E-state index in [0.717, 1.165) is 0 Å². The lowest BCUT2D eigenvalue weighted by molar-refractivity contribution is -0.387. The van der Waals surface area contributed by atoms with Crippen LogP contribution in [0.25, 0.3) is 0 Å². The first-order valence-electron chi connectivity index (χ1n) is 7.72. The van der Waals surface area contributed by atoms with E-state index in [-0.39, 0.29) is 0 Å². The number of hydrogen-bond acceptors (Lipinski definition) is 13. The molecule has 23 heteroatoms. The molecule has 20 nitrogen and oxygen atoms in total. The van der Waals surface area contributed by atoms with Crippen LogP contribution >= 0.6 is 23.5 Å². The Labute approximate surface area is 174 Å². The Balaban J connectivity index is 2.15. The minimum Gasteiger partial charge on any atom is -0.387 e. The molecule has 7 N–H and O–H groups in total. The molecular weight excluding hydrogens is 515 g/mol. The van der Waals surface area contributed by atoms with Crippen molar-refractivity contribution in [2.24, 2.45) is 0 Å².